The summed E-state index contributed by atoms with van der Waals surface area (Å²) >= 11 is 0. The Balaban J connectivity index is 2.16. The van der Waals surface area contributed by atoms with Crippen LogP contribution in [0.15, 0.2) is 12.3 Å². The maximum absolute atomic E-state index is 9.09. The number of hydrogen-bond acceptors (Lipinski definition) is 5. The molecule has 5 heteroatoms. The molecule has 0 amide bonds. The molecule has 17 heavy (non-hydrogen) atoms. The van der Waals surface area contributed by atoms with Crippen LogP contribution in [0.2, 0.25) is 0 Å². The van der Waals surface area contributed by atoms with Crippen molar-refractivity contribution in [3.63, 3.8) is 0 Å². The number of aromatic nitrogens is 2. The largest absolute Gasteiger partial charge is 0.481 e. The molecule has 1 aromatic rings. The van der Waals surface area contributed by atoms with Gasteiger partial charge in [0.25, 0.3) is 0 Å². The molecule has 0 aromatic carbocycles. The zero-order valence-corrected chi connectivity index (χ0v) is 10.2. The number of rotatable bonds is 4. The molecular formula is C12H19N3O2. The quantitative estimate of drug-likeness (QED) is 0.853. The van der Waals surface area contributed by atoms with Gasteiger partial charge < -0.3 is 14.7 Å². The highest BCUT2D eigenvalue weighted by Crippen LogP contribution is 2.24. The lowest BCUT2D eigenvalue weighted by Crippen LogP contribution is -2.41. The van der Waals surface area contributed by atoms with Gasteiger partial charge in [-0.3, -0.25) is 0 Å². The highest BCUT2D eigenvalue weighted by Gasteiger charge is 2.24. The molecule has 1 saturated heterocycles. The van der Waals surface area contributed by atoms with Gasteiger partial charge in [0, 0.05) is 31.5 Å². The minimum absolute atomic E-state index is 0.213. The van der Waals surface area contributed by atoms with Crippen molar-refractivity contribution in [2.45, 2.75) is 31.7 Å². The van der Waals surface area contributed by atoms with Crippen molar-refractivity contribution in [2.24, 2.45) is 0 Å². The Morgan fingerprint density at radius 2 is 2.41 bits per heavy atom. The first-order valence-corrected chi connectivity index (χ1v) is 6.09. The van der Waals surface area contributed by atoms with Crippen LogP contribution in [-0.2, 0) is 0 Å². The summed E-state index contributed by atoms with van der Waals surface area (Å²) in [6, 6.07) is 2.09. The van der Waals surface area contributed by atoms with Crippen LogP contribution in [-0.4, -0.2) is 41.4 Å². The topological polar surface area (TPSA) is 58.5 Å². The Bertz CT molecular complexity index is 357. The van der Waals surface area contributed by atoms with E-state index in [9.17, 15) is 0 Å². The SMILES string of the molecule is COc1ccnc(N2CCCCC2CCO)n1. The minimum Gasteiger partial charge on any atom is -0.481 e. The van der Waals surface area contributed by atoms with Crippen molar-refractivity contribution in [1.29, 1.82) is 0 Å². The molecular weight excluding hydrogens is 218 g/mol. The molecule has 1 aliphatic heterocycles. The third-order valence-electron chi connectivity index (χ3n) is 3.17. The second-order valence-electron chi connectivity index (χ2n) is 4.25. The first kappa shape index (κ1) is 12.1. The highest BCUT2D eigenvalue weighted by molar-refractivity contribution is 5.34. The molecule has 1 atom stereocenters. The molecule has 0 aliphatic carbocycles. The average Bonchev–Trinajstić information content (AvgIpc) is 2.40. The first-order chi connectivity index (χ1) is 8.35. The number of methoxy groups -OCH3 is 1. The van der Waals surface area contributed by atoms with Crippen LogP contribution < -0.4 is 9.64 Å². The third kappa shape index (κ3) is 2.85. The van der Waals surface area contributed by atoms with Gasteiger partial charge in [0.15, 0.2) is 0 Å². The number of aliphatic hydroxyl groups excluding tert-OH is 1. The molecule has 0 spiro atoms. The number of ether oxygens (including phenoxy) is 1. The number of piperidine rings is 1. The van der Waals surface area contributed by atoms with Crippen LogP contribution in [0.4, 0.5) is 5.95 Å². The predicted molar refractivity (Wildman–Crippen MR) is 65.3 cm³/mol. The summed E-state index contributed by atoms with van der Waals surface area (Å²) in [4.78, 5) is 10.8. The molecule has 1 aliphatic rings. The lowest BCUT2D eigenvalue weighted by molar-refractivity contribution is 0.261. The van der Waals surface area contributed by atoms with Gasteiger partial charge in [0.1, 0.15) is 0 Å². The van der Waals surface area contributed by atoms with Crippen molar-refractivity contribution in [3.05, 3.63) is 12.3 Å². The van der Waals surface area contributed by atoms with E-state index in [0.29, 0.717) is 17.9 Å². The van der Waals surface area contributed by atoms with E-state index in [0.717, 1.165) is 25.8 Å². The summed E-state index contributed by atoms with van der Waals surface area (Å²) in [6.45, 7) is 1.17. The van der Waals surface area contributed by atoms with Crippen molar-refractivity contribution < 1.29 is 9.84 Å². The van der Waals surface area contributed by atoms with E-state index < -0.39 is 0 Å². The van der Waals surface area contributed by atoms with Crippen LogP contribution >= 0.6 is 0 Å². The number of hydrogen-bond donors (Lipinski definition) is 1. The maximum atomic E-state index is 9.09. The van der Waals surface area contributed by atoms with Crippen molar-refractivity contribution in [3.8, 4) is 5.88 Å². The molecule has 2 rings (SSSR count). The summed E-state index contributed by atoms with van der Waals surface area (Å²) in [7, 11) is 1.60. The zero-order chi connectivity index (χ0) is 12.1. The predicted octanol–water partition coefficient (Wildman–Crippen LogP) is 1.23. The van der Waals surface area contributed by atoms with Gasteiger partial charge in [-0.2, -0.15) is 4.98 Å². The van der Waals surface area contributed by atoms with E-state index in [1.54, 1.807) is 19.4 Å². The van der Waals surface area contributed by atoms with Crippen LogP contribution in [0.1, 0.15) is 25.7 Å². The van der Waals surface area contributed by atoms with Crippen LogP contribution in [0, 0.1) is 0 Å². The summed E-state index contributed by atoms with van der Waals surface area (Å²) in [6.07, 6.45) is 5.96. The lowest BCUT2D eigenvalue weighted by atomic mass is 10.0. The molecule has 1 N–H and O–H groups in total. The van der Waals surface area contributed by atoms with Crippen molar-refractivity contribution in [1.82, 2.24) is 9.97 Å². The van der Waals surface area contributed by atoms with Crippen LogP contribution in [0.3, 0.4) is 0 Å². The van der Waals surface area contributed by atoms with Crippen molar-refractivity contribution in [2.75, 3.05) is 25.2 Å². The summed E-state index contributed by atoms with van der Waals surface area (Å²) < 4.78 is 5.11. The van der Waals surface area contributed by atoms with Gasteiger partial charge in [-0.05, 0) is 25.7 Å². The third-order valence-corrected chi connectivity index (χ3v) is 3.17. The van der Waals surface area contributed by atoms with Gasteiger partial charge >= 0.3 is 0 Å². The minimum atomic E-state index is 0.213. The fraction of sp³-hybridized carbons (Fsp3) is 0.667. The van der Waals surface area contributed by atoms with E-state index in [1.165, 1.54) is 6.42 Å². The lowest BCUT2D eigenvalue weighted by Gasteiger charge is -2.35. The Morgan fingerprint density at radius 3 is 3.18 bits per heavy atom. The fourth-order valence-corrected chi connectivity index (χ4v) is 2.30. The van der Waals surface area contributed by atoms with Gasteiger partial charge in [-0.1, -0.05) is 0 Å². The van der Waals surface area contributed by atoms with E-state index in [2.05, 4.69) is 14.9 Å². The maximum Gasteiger partial charge on any atom is 0.228 e. The molecule has 1 aromatic heterocycles. The van der Waals surface area contributed by atoms with Gasteiger partial charge in [-0.15, -0.1) is 0 Å². The fourth-order valence-electron chi connectivity index (χ4n) is 2.30. The van der Waals surface area contributed by atoms with Crippen LogP contribution in [0.25, 0.3) is 0 Å². The molecule has 2 heterocycles. The van der Waals surface area contributed by atoms with Gasteiger partial charge in [-0.25, -0.2) is 4.98 Å². The smallest absolute Gasteiger partial charge is 0.228 e. The second-order valence-corrected chi connectivity index (χ2v) is 4.25. The van der Waals surface area contributed by atoms with E-state index >= 15 is 0 Å². The number of aliphatic hydroxyl groups is 1. The average molecular weight is 237 g/mol. The Morgan fingerprint density at radius 1 is 1.53 bits per heavy atom. The normalized spacial score (nSPS) is 20.4. The summed E-state index contributed by atoms with van der Waals surface area (Å²) in [5.41, 5.74) is 0. The highest BCUT2D eigenvalue weighted by atomic mass is 16.5. The molecule has 0 radical (unpaired) electrons. The number of nitrogens with zero attached hydrogens (tertiary/aromatic N) is 3. The molecule has 0 bridgehead atoms. The van der Waals surface area contributed by atoms with Crippen LogP contribution in [0.5, 0.6) is 5.88 Å². The molecule has 1 unspecified atom stereocenters. The van der Waals surface area contributed by atoms with Gasteiger partial charge in [0.05, 0.1) is 7.11 Å². The Labute approximate surface area is 101 Å². The summed E-state index contributed by atoms with van der Waals surface area (Å²) in [5.74, 6) is 1.30. The molecule has 5 nitrogen and oxygen atoms in total. The van der Waals surface area contributed by atoms with E-state index in [-0.39, 0.29) is 6.61 Å². The molecule has 94 valence electrons. The van der Waals surface area contributed by atoms with E-state index in [4.69, 9.17) is 9.84 Å². The zero-order valence-electron chi connectivity index (χ0n) is 10.2. The van der Waals surface area contributed by atoms with Crippen molar-refractivity contribution >= 4 is 5.95 Å². The number of anilines is 1. The Hall–Kier alpha value is -1.36. The monoisotopic (exact) mass is 237 g/mol. The standard InChI is InChI=1S/C12H19N3O2/c1-17-11-5-7-13-12(14-11)15-8-3-2-4-10(15)6-9-16/h5,7,10,16H,2-4,6,8-9H2,1H3. The first-order valence-electron chi connectivity index (χ1n) is 6.09. The van der Waals surface area contributed by atoms with E-state index in [1.807, 2.05) is 0 Å². The summed E-state index contributed by atoms with van der Waals surface area (Å²) in [5, 5.41) is 9.09. The second kappa shape index (κ2) is 5.82. The van der Waals surface area contributed by atoms with Gasteiger partial charge in [0.2, 0.25) is 11.8 Å². The molecule has 0 saturated carbocycles. The molecule has 1 fully saturated rings. The Kier molecular flexibility index (Phi) is 4.14.